The number of hydrogen-bond acceptors (Lipinski definition) is 0. The van der Waals surface area contributed by atoms with Gasteiger partial charge in [-0.1, -0.05) is 23.3 Å². The molecule has 0 heteroatoms. The van der Waals surface area contributed by atoms with Crippen molar-refractivity contribution in [2.24, 2.45) is 0 Å². The van der Waals surface area contributed by atoms with Crippen molar-refractivity contribution < 1.29 is 0 Å². The first kappa shape index (κ1) is 10.3. The van der Waals surface area contributed by atoms with Crippen molar-refractivity contribution in [1.29, 1.82) is 0 Å². The molecule has 0 amide bonds. The SMILES string of the molecule is C=C(C)C(=C(C)C)C1=C(C)CCC1. The predicted molar refractivity (Wildman–Crippen MR) is 59.7 cm³/mol. The number of allylic oxidation sites excluding steroid dienone is 5. The van der Waals surface area contributed by atoms with Crippen LogP contribution < -0.4 is 0 Å². The van der Waals surface area contributed by atoms with Crippen LogP contribution >= 0.6 is 0 Å². The molecule has 0 radical (unpaired) electrons. The largest absolute Gasteiger partial charge is 0.0955 e. The predicted octanol–water partition coefficient (Wildman–Crippen LogP) is 4.40. The molecule has 1 aliphatic carbocycles. The summed E-state index contributed by atoms with van der Waals surface area (Å²) in [7, 11) is 0. The topological polar surface area (TPSA) is 0 Å². The summed E-state index contributed by atoms with van der Waals surface area (Å²) in [5.41, 5.74) is 7.18. The zero-order chi connectivity index (χ0) is 10.0. The first-order chi connectivity index (χ1) is 6.04. The fourth-order valence-corrected chi connectivity index (χ4v) is 2.22. The third kappa shape index (κ3) is 2.12. The molecule has 72 valence electrons. The summed E-state index contributed by atoms with van der Waals surface area (Å²) >= 11 is 0. The number of hydrogen-bond donors (Lipinski definition) is 0. The van der Waals surface area contributed by atoms with Crippen LogP contribution in [0.4, 0.5) is 0 Å². The molecule has 13 heavy (non-hydrogen) atoms. The van der Waals surface area contributed by atoms with Crippen molar-refractivity contribution in [2.45, 2.75) is 47.0 Å². The fraction of sp³-hybridized carbons (Fsp3) is 0.538. The van der Waals surface area contributed by atoms with Gasteiger partial charge in [-0.05, 0) is 58.1 Å². The van der Waals surface area contributed by atoms with Crippen molar-refractivity contribution in [2.75, 3.05) is 0 Å². The average Bonchev–Trinajstić information content (AvgIpc) is 2.35. The first-order valence-electron chi connectivity index (χ1n) is 5.06. The van der Waals surface area contributed by atoms with Crippen LogP contribution in [0, 0.1) is 0 Å². The molecule has 0 N–H and O–H groups in total. The van der Waals surface area contributed by atoms with Gasteiger partial charge >= 0.3 is 0 Å². The lowest BCUT2D eigenvalue weighted by molar-refractivity contribution is 0.894. The molecule has 0 aliphatic heterocycles. The van der Waals surface area contributed by atoms with Gasteiger partial charge in [0.2, 0.25) is 0 Å². The number of rotatable bonds is 2. The van der Waals surface area contributed by atoms with Gasteiger partial charge in [-0.2, -0.15) is 0 Å². The molecule has 0 unspecified atom stereocenters. The lowest BCUT2D eigenvalue weighted by atomic mass is 9.93. The lowest BCUT2D eigenvalue weighted by Crippen LogP contribution is -1.92. The van der Waals surface area contributed by atoms with Crippen LogP contribution in [0.3, 0.4) is 0 Å². The van der Waals surface area contributed by atoms with Crippen LogP contribution in [0.25, 0.3) is 0 Å². The molecule has 0 aromatic carbocycles. The Morgan fingerprint density at radius 2 is 1.77 bits per heavy atom. The summed E-state index contributed by atoms with van der Waals surface area (Å²) in [4.78, 5) is 0. The van der Waals surface area contributed by atoms with E-state index >= 15 is 0 Å². The van der Waals surface area contributed by atoms with Gasteiger partial charge in [-0.25, -0.2) is 0 Å². The van der Waals surface area contributed by atoms with E-state index in [1.165, 1.54) is 36.0 Å². The zero-order valence-corrected chi connectivity index (χ0v) is 9.33. The maximum Gasteiger partial charge on any atom is -0.0215 e. The van der Waals surface area contributed by atoms with Gasteiger partial charge in [0, 0.05) is 0 Å². The zero-order valence-electron chi connectivity index (χ0n) is 9.33. The molecule has 0 saturated carbocycles. The Bertz CT molecular complexity index is 283. The second-order valence-electron chi connectivity index (χ2n) is 4.27. The average molecular weight is 176 g/mol. The van der Waals surface area contributed by atoms with E-state index in [-0.39, 0.29) is 0 Å². The molecule has 0 bridgehead atoms. The molecule has 0 spiro atoms. The molecule has 0 aromatic rings. The highest BCUT2D eigenvalue weighted by Crippen LogP contribution is 2.35. The van der Waals surface area contributed by atoms with Gasteiger partial charge in [0.25, 0.3) is 0 Å². The van der Waals surface area contributed by atoms with Gasteiger partial charge in [0.15, 0.2) is 0 Å². The third-order valence-corrected chi connectivity index (χ3v) is 2.72. The first-order valence-corrected chi connectivity index (χ1v) is 5.06. The Kier molecular flexibility index (Phi) is 3.13. The van der Waals surface area contributed by atoms with Crippen LogP contribution in [0.2, 0.25) is 0 Å². The minimum Gasteiger partial charge on any atom is -0.0955 e. The summed E-state index contributed by atoms with van der Waals surface area (Å²) in [5.74, 6) is 0. The van der Waals surface area contributed by atoms with Gasteiger partial charge < -0.3 is 0 Å². The second-order valence-corrected chi connectivity index (χ2v) is 4.27. The highest BCUT2D eigenvalue weighted by molar-refractivity contribution is 5.50. The van der Waals surface area contributed by atoms with E-state index in [1.807, 2.05) is 0 Å². The van der Waals surface area contributed by atoms with Crippen LogP contribution in [0.5, 0.6) is 0 Å². The standard InChI is InChI=1S/C13H20/c1-9(2)13(10(3)4)12-8-6-7-11(12)5/h1,6-8H2,2-5H3. The molecule has 0 aromatic heterocycles. The van der Waals surface area contributed by atoms with Gasteiger partial charge in [0.05, 0.1) is 0 Å². The Hall–Kier alpha value is -0.780. The van der Waals surface area contributed by atoms with Crippen molar-refractivity contribution in [1.82, 2.24) is 0 Å². The highest BCUT2D eigenvalue weighted by Gasteiger charge is 2.15. The van der Waals surface area contributed by atoms with Crippen LogP contribution in [-0.2, 0) is 0 Å². The molecule has 0 fully saturated rings. The Morgan fingerprint density at radius 1 is 1.15 bits per heavy atom. The van der Waals surface area contributed by atoms with E-state index in [4.69, 9.17) is 0 Å². The van der Waals surface area contributed by atoms with E-state index in [0.29, 0.717) is 0 Å². The van der Waals surface area contributed by atoms with Gasteiger partial charge in [-0.15, -0.1) is 0 Å². The molecular formula is C13H20. The maximum atomic E-state index is 4.06. The van der Waals surface area contributed by atoms with Crippen LogP contribution in [0.15, 0.2) is 34.4 Å². The minimum absolute atomic E-state index is 1.22. The Morgan fingerprint density at radius 3 is 2.08 bits per heavy atom. The molecule has 0 heterocycles. The van der Waals surface area contributed by atoms with Gasteiger partial charge in [-0.3, -0.25) is 0 Å². The Labute approximate surface area is 82.0 Å². The molecule has 0 saturated heterocycles. The summed E-state index contributed by atoms with van der Waals surface area (Å²) in [6.45, 7) is 12.8. The normalized spacial score (nSPS) is 16.3. The minimum atomic E-state index is 1.22. The van der Waals surface area contributed by atoms with E-state index < -0.39 is 0 Å². The molecule has 0 atom stereocenters. The quantitative estimate of drug-likeness (QED) is 0.547. The van der Waals surface area contributed by atoms with Gasteiger partial charge in [0.1, 0.15) is 0 Å². The highest BCUT2D eigenvalue weighted by atomic mass is 14.2. The molecule has 1 aliphatic rings. The summed E-state index contributed by atoms with van der Waals surface area (Å²) in [6.07, 6.45) is 3.85. The smallest absolute Gasteiger partial charge is 0.0215 e. The second kappa shape index (κ2) is 3.95. The molecule has 0 nitrogen and oxygen atoms in total. The van der Waals surface area contributed by atoms with Crippen molar-refractivity contribution in [3.05, 3.63) is 34.4 Å². The summed E-state index contributed by atoms with van der Waals surface area (Å²) < 4.78 is 0. The Balaban J connectivity index is 3.10. The lowest BCUT2D eigenvalue weighted by Gasteiger charge is -2.12. The monoisotopic (exact) mass is 176 g/mol. The van der Waals surface area contributed by atoms with Crippen molar-refractivity contribution in [3.8, 4) is 0 Å². The summed E-state index contributed by atoms with van der Waals surface area (Å²) in [6, 6.07) is 0. The maximum absolute atomic E-state index is 4.06. The molecule has 1 rings (SSSR count). The third-order valence-electron chi connectivity index (χ3n) is 2.72. The van der Waals surface area contributed by atoms with E-state index in [1.54, 1.807) is 11.1 Å². The van der Waals surface area contributed by atoms with E-state index in [0.717, 1.165) is 0 Å². The van der Waals surface area contributed by atoms with E-state index in [9.17, 15) is 0 Å². The van der Waals surface area contributed by atoms with Crippen molar-refractivity contribution >= 4 is 0 Å². The van der Waals surface area contributed by atoms with Crippen LogP contribution in [-0.4, -0.2) is 0 Å². The van der Waals surface area contributed by atoms with Crippen molar-refractivity contribution in [3.63, 3.8) is 0 Å². The van der Waals surface area contributed by atoms with E-state index in [2.05, 4.69) is 34.3 Å². The van der Waals surface area contributed by atoms with Crippen LogP contribution in [0.1, 0.15) is 47.0 Å². The summed E-state index contributed by atoms with van der Waals surface area (Å²) in [5, 5.41) is 0. The fourth-order valence-electron chi connectivity index (χ4n) is 2.22. The molecular weight excluding hydrogens is 156 g/mol.